The number of hydrogen-bond acceptors (Lipinski definition) is 3. The zero-order chi connectivity index (χ0) is 9.71. The van der Waals surface area contributed by atoms with E-state index >= 15 is 0 Å². The summed E-state index contributed by atoms with van der Waals surface area (Å²) in [6.45, 7) is 2.07. The molecule has 3 rings (SSSR count). The molecule has 1 aliphatic heterocycles. The summed E-state index contributed by atoms with van der Waals surface area (Å²) in [4.78, 5) is 13.5. The Morgan fingerprint density at radius 3 is 2.93 bits per heavy atom. The number of fused-ring (bicyclic) bond motifs is 1. The van der Waals surface area contributed by atoms with Crippen LogP contribution in [0.15, 0.2) is 0 Å². The number of hydrogen-bond donors (Lipinski definition) is 2. The van der Waals surface area contributed by atoms with Crippen molar-refractivity contribution in [2.24, 2.45) is 11.8 Å². The summed E-state index contributed by atoms with van der Waals surface area (Å²) >= 11 is 0. The Hall–Kier alpha value is -0.610. The highest BCUT2D eigenvalue weighted by Gasteiger charge is 2.55. The number of nitrogens with zero attached hydrogens (tertiary/aromatic N) is 1. The van der Waals surface area contributed by atoms with E-state index in [-0.39, 0.29) is 18.1 Å². The zero-order valence-electron chi connectivity index (χ0n) is 8.15. The molecule has 0 aromatic rings. The van der Waals surface area contributed by atoms with Gasteiger partial charge in [0, 0.05) is 13.1 Å². The first-order valence-electron chi connectivity index (χ1n) is 5.45. The number of aliphatic hydroxyl groups is 1. The lowest BCUT2D eigenvalue weighted by molar-refractivity contribution is -0.136. The van der Waals surface area contributed by atoms with E-state index in [2.05, 4.69) is 5.32 Å². The van der Waals surface area contributed by atoms with Gasteiger partial charge in [0.15, 0.2) is 0 Å². The number of nitrogens with one attached hydrogen (secondary N) is 1. The number of carbonyl (C=O) groups excluding carboxylic acids is 1. The standard InChI is InChI=1S/C10H16N2O2/c13-9-5-11-1-2-12(9)8-4-6-3-7(6)10(8)14/h6-8,10-11,14H,1-5H2/t6-,7-,8-,10-/m0/s1. The van der Waals surface area contributed by atoms with Gasteiger partial charge in [-0.25, -0.2) is 0 Å². The van der Waals surface area contributed by atoms with Gasteiger partial charge in [-0.3, -0.25) is 4.79 Å². The van der Waals surface area contributed by atoms with Crippen molar-refractivity contribution < 1.29 is 9.90 Å². The Labute approximate surface area is 83.3 Å². The topological polar surface area (TPSA) is 52.6 Å². The maximum atomic E-state index is 11.6. The van der Waals surface area contributed by atoms with Crippen LogP contribution < -0.4 is 5.32 Å². The molecule has 0 aromatic carbocycles. The predicted molar refractivity (Wildman–Crippen MR) is 50.6 cm³/mol. The van der Waals surface area contributed by atoms with Crippen molar-refractivity contribution in [1.29, 1.82) is 0 Å². The quantitative estimate of drug-likeness (QED) is 0.576. The van der Waals surface area contributed by atoms with Crippen LogP contribution in [-0.2, 0) is 4.79 Å². The van der Waals surface area contributed by atoms with Gasteiger partial charge in [-0.05, 0) is 24.7 Å². The molecule has 0 aromatic heterocycles. The van der Waals surface area contributed by atoms with Crippen LogP contribution in [0, 0.1) is 11.8 Å². The first-order valence-corrected chi connectivity index (χ1v) is 5.45. The molecule has 78 valence electrons. The van der Waals surface area contributed by atoms with Gasteiger partial charge in [0.05, 0.1) is 18.7 Å². The Kier molecular flexibility index (Phi) is 1.82. The van der Waals surface area contributed by atoms with Crippen molar-refractivity contribution >= 4 is 5.91 Å². The zero-order valence-corrected chi connectivity index (χ0v) is 8.15. The lowest BCUT2D eigenvalue weighted by Gasteiger charge is -2.35. The molecule has 2 N–H and O–H groups in total. The van der Waals surface area contributed by atoms with Crippen LogP contribution in [0.1, 0.15) is 12.8 Å². The monoisotopic (exact) mass is 196 g/mol. The SMILES string of the molecule is O=C1CNCCN1[C@H]1C[C@@H]2C[C@@H]2[C@@H]1O. The second-order valence-electron chi connectivity index (χ2n) is 4.72. The summed E-state index contributed by atoms with van der Waals surface area (Å²) < 4.78 is 0. The molecule has 2 saturated carbocycles. The van der Waals surface area contributed by atoms with E-state index in [1.165, 1.54) is 6.42 Å². The second-order valence-corrected chi connectivity index (χ2v) is 4.72. The molecule has 2 aliphatic carbocycles. The average molecular weight is 196 g/mol. The predicted octanol–water partition coefficient (Wildman–Crippen LogP) is -0.812. The minimum Gasteiger partial charge on any atom is -0.391 e. The van der Waals surface area contributed by atoms with Gasteiger partial charge in [0.25, 0.3) is 0 Å². The van der Waals surface area contributed by atoms with Crippen molar-refractivity contribution in [3.63, 3.8) is 0 Å². The Morgan fingerprint density at radius 1 is 1.43 bits per heavy atom. The van der Waals surface area contributed by atoms with Crippen LogP contribution >= 0.6 is 0 Å². The molecule has 1 heterocycles. The summed E-state index contributed by atoms with van der Waals surface area (Å²) in [6.07, 6.45) is 1.96. The fourth-order valence-electron chi connectivity index (χ4n) is 2.98. The molecule has 0 spiro atoms. The number of amides is 1. The third-order valence-corrected chi connectivity index (χ3v) is 3.88. The minimum absolute atomic E-state index is 0.119. The van der Waals surface area contributed by atoms with Gasteiger partial charge in [-0.15, -0.1) is 0 Å². The molecule has 3 aliphatic rings. The van der Waals surface area contributed by atoms with E-state index in [9.17, 15) is 9.90 Å². The molecule has 1 amide bonds. The minimum atomic E-state index is -0.248. The van der Waals surface area contributed by atoms with E-state index in [0.717, 1.165) is 19.5 Å². The molecule has 4 nitrogen and oxygen atoms in total. The molecule has 0 unspecified atom stereocenters. The van der Waals surface area contributed by atoms with Gasteiger partial charge in [-0.1, -0.05) is 0 Å². The molecular weight excluding hydrogens is 180 g/mol. The molecule has 4 atom stereocenters. The van der Waals surface area contributed by atoms with Crippen LogP contribution in [0.5, 0.6) is 0 Å². The van der Waals surface area contributed by atoms with Gasteiger partial charge in [0.2, 0.25) is 5.91 Å². The van der Waals surface area contributed by atoms with Crippen LogP contribution in [-0.4, -0.2) is 47.7 Å². The van der Waals surface area contributed by atoms with Crippen molar-refractivity contribution in [1.82, 2.24) is 10.2 Å². The number of rotatable bonds is 1. The Bertz CT molecular complexity index is 269. The molecule has 1 saturated heterocycles. The van der Waals surface area contributed by atoms with Crippen LogP contribution in [0.25, 0.3) is 0 Å². The first-order chi connectivity index (χ1) is 6.77. The molecule has 4 heteroatoms. The maximum Gasteiger partial charge on any atom is 0.236 e. The van der Waals surface area contributed by atoms with Gasteiger partial charge in [0.1, 0.15) is 0 Å². The third-order valence-electron chi connectivity index (χ3n) is 3.88. The molecule has 0 radical (unpaired) electrons. The largest absolute Gasteiger partial charge is 0.391 e. The van der Waals surface area contributed by atoms with Gasteiger partial charge in [-0.2, -0.15) is 0 Å². The fraction of sp³-hybridized carbons (Fsp3) is 0.900. The number of carbonyl (C=O) groups is 1. The maximum absolute atomic E-state index is 11.6. The molecule has 14 heavy (non-hydrogen) atoms. The van der Waals surface area contributed by atoms with E-state index in [0.29, 0.717) is 18.4 Å². The van der Waals surface area contributed by atoms with Crippen LogP contribution in [0.3, 0.4) is 0 Å². The van der Waals surface area contributed by atoms with Crippen molar-refractivity contribution in [2.75, 3.05) is 19.6 Å². The average Bonchev–Trinajstić information content (AvgIpc) is 2.88. The lowest BCUT2D eigenvalue weighted by atomic mass is 10.1. The Morgan fingerprint density at radius 2 is 2.29 bits per heavy atom. The summed E-state index contributed by atoms with van der Waals surface area (Å²) in [6, 6.07) is 0.119. The summed E-state index contributed by atoms with van der Waals surface area (Å²) in [7, 11) is 0. The fourth-order valence-corrected chi connectivity index (χ4v) is 2.98. The third kappa shape index (κ3) is 1.17. The highest BCUT2D eigenvalue weighted by Crippen LogP contribution is 2.53. The number of aliphatic hydroxyl groups excluding tert-OH is 1. The van der Waals surface area contributed by atoms with E-state index in [1.807, 2.05) is 4.90 Å². The lowest BCUT2D eigenvalue weighted by Crippen LogP contribution is -2.55. The molecule has 0 bridgehead atoms. The van der Waals surface area contributed by atoms with E-state index in [4.69, 9.17) is 0 Å². The molecule has 3 fully saturated rings. The van der Waals surface area contributed by atoms with E-state index in [1.54, 1.807) is 0 Å². The molecular formula is C10H16N2O2. The normalized spacial score (nSPS) is 46.6. The number of piperazine rings is 1. The second kappa shape index (κ2) is 2.94. The smallest absolute Gasteiger partial charge is 0.236 e. The van der Waals surface area contributed by atoms with E-state index < -0.39 is 0 Å². The van der Waals surface area contributed by atoms with Crippen molar-refractivity contribution in [2.45, 2.75) is 25.0 Å². The van der Waals surface area contributed by atoms with Gasteiger partial charge >= 0.3 is 0 Å². The van der Waals surface area contributed by atoms with Gasteiger partial charge < -0.3 is 15.3 Å². The summed E-state index contributed by atoms with van der Waals surface area (Å²) in [5.74, 6) is 1.36. The van der Waals surface area contributed by atoms with Crippen molar-refractivity contribution in [3.05, 3.63) is 0 Å². The summed E-state index contributed by atoms with van der Waals surface area (Å²) in [5, 5.41) is 13.0. The van der Waals surface area contributed by atoms with Crippen molar-refractivity contribution in [3.8, 4) is 0 Å². The van der Waals surface area contributed by atoms with Crippen LogP contribution in [0.2, 0.25) is 0 Å². The Balaban J connectivity index is 1.72. The highest BCUT2D eigenvalue weighted by atomic mass is 16.3. The summed E-state index contributed by atoms with van der Waals surface area (Å²) in [5.41, 5.74) is 0. The first kappa shape index (κ1) is 8.68. The highest BCUT2D eigenvalue weighted by molar-refractivity contribution is 5.79. The van der Waals surface area contributed by atoms with Crippen LogP contribution in [0.4, 0.5) is 0 Å².